The Kier molecular flexibility index (Phi) is 7.60. The van der Waals surface area contributed by atoms with Crippen LogP contribution in [0.5, 0.6) is 0 Å². The Bertz CT molecular complexity index is 524. The van der Waals surface area contributed by atoms with Gasteiger partial charge in [0.2, 0.25) is 0 Å². The van der Waals surface area contributed by atoms with Crippen LogP contribution < -0.4 is 0 Å². The van der Waals surface area contributed by atoms with Crippen molar-refractivity contribution in [3.8, 4) is 0 Å². The van der Waals surface area contributed by atoms with Crippen LogP contribution in [0.1, 0.15) is 27.2 Å². The van der Waals surface area contributed by atoms with Crippen LogP contribution in [0, 0.1) is 0 Å². The summed E-state index contributed by atoms with van der Waals surface area (Å²) < 4.78 is 14.9. The Morgan fingerprint density at radius 3 is 1.83 bits per heavy atom. The molecule has 0 aromatic carbocycles. The van der Waals surface area contributed by atoms with Gasteiger partial charge in [0.05, 0.1) is 6.42 Å². The maximum absolute atomic E-state index is 11.7. The second kappa shape index (κ2) is 9.19. The van der Waals surface area contributed by atoms with Crippen LogP contribution in [0.25, 0.3) is 0 Å². The van der Waals surface area contributed by atoms with E-state index in [4.69, 9.17) is 14.2 Å². The molecule has 0 fully saturated rings. The third-order valence-corrected chi connectivity index (χ3v) is 3.21. The third-order valence-electron chi connectivity index (χ3n) is 3.21. The highest BCUT2D eigenvalue weighted by atomic mass is 16.6. The molecule has 0 spiro atoms. The van der Waals surface area contributed by atoms with Gasteiger partial charge in [-0.3, -0.25) is 4.79 Å². The molecule has 0 saturated carbocycles. The van der Waals surface area contributed by atoms with Gasteiger partial charge in [-0.25, -0.2) is 9.59 Å². The van der Waals surface area contributed by atoms with E-state index >= 15 is 0 Å². The molecule has 1 heterocycles. The van der Waals surface area contributed by atoms with Crippen LogP contribution in [0.15, 0.2) is 24.3 Å². The summed E-state index contributed by atoms with van der Waals surface area (Å²) in [6, 6.07) is 0. The van der Waals surface area contributed by atoms with Crippen molar-refractivity contribution in [1.82, 2.24) is 0 Å². The summed E-state index contributed by atoms with van der Waals surface area (Å²) in [5, 5.41) is 19.6. The van der Waals surface area contributed by atoms with Crippen molar-refractivity contribution in [2.45, 2.75) is 57.7 Å². The zero-order chi connectivity index (χ0) is 18.3. The Balaban J connectivity index is 2.91. The number of hydrogen-bond acceptors (Lipinski definition) is 8. The maximum Gasteiger partial charge on any atom is 0.330 e. The van der Waals surface area contributed by atoms with Gasteiger partial charge in [0, 0.05) is 12.2 Å². The van der Waals surface area contributed by atoms with Crippen LogP contribution in [-0.2, 0) is 28.6 Å². The predicted molar refractivity (Wildman–Crippen MR) is 81.6 cm³/mol. The molecule has 8 heteroatoms. The van der Waals surface area contributed by atoms with E-state index in [0.29, 0.717) is 0 Å². The molecule has 0 amide bonds. The Labute approximate surface area is 139 Å². The summed E-state index contributed by atoms with van der Waals surface area (Å²) in [5.74, 6) is -2.22. The van der Waals surface area contributed by atoms with Gasteiger partial charge in [0.15, 0.2) is 0 Å². The molecule has 0 radical (unpaired) electrons. The summed E-state index contributed by atoms with van der Waals surface area (Å²) in [6.07, 6.45) is -0.961. The first-order valence-electron chi connectivity index (χ1n) is 7.52. The first-order valence-corrected chi connectivity index (χ1v) is 7.52. The van der Waals surface area contributed by atoms with Crippen LogP contribution in [0.2, 0.25) is 0 Å². The topological polar surface area (TPSA) is 119 Å². The van der Waals surface area contributed by atoms with Crippen molar-refractivity contribution >= 4 is 17.9 Å². The smallest absolute Gasteiger partial charge is 0.330 e. The fourth-order valence-corrected chi connectivity index (χ4v) is 1.80. The molecule has 0 bridgehead atoms. The molecule has 0 unspecified atom stereocenters. The lowest BCUT2D eigenvalue weighted by molar-refractivity contribution is -0.157. The molecule has 24 heavy (non-hydrogen) atoms. The minimum Gasteiger partial charge on any atom is -0.459 e. The molecular formula is C16H22O8. The minimum atomic E-state index is -1.22. The van der Waals surface area contributed by atoms with E-state index in [1.807, 2.05) is 0 Å². The van der Waals surface area contributed by atoms with Gasteiger partial charge >= 0.3 is 17.9 Å². The van der Waals surface area contributed by atoms with Crippen molar-refractivity contribution < 1.29 is 38.8 Å². The van der Waals surface area contributed by atoms with E-state index in [1.54, 1.807) is 0 Å². The maximum atomic E-state index is 11.7. The monoisotopic (exact) mass is 342 g/mol. The zero-order valence-electron chi connectivity index (χ0n) is 13.7. The minimum absolute atomic E-state index is 0.193. The Hall–Kier alpha value is -2.19. The van der Waals surface area contributed by atoms with Crippen molar-refractivity contribution in [1.29, 1.82) is 0 Å². The number of cyclic esters (lactones) is 3. The average molecular weight is 342 g/mol. The molecule has 5 atom stereocenters. The van der Waals surface area contributed by atoms with Gasteiger partial charge in [0.1, 0.15) is 30.5 Å². The summed E-state index contributed by atoms with van der Waals surface area (Å²) >= 11 is 0. The summed E-state index contributed by atoms with van der Waals surface area (Å²) in [4.78, 5) is 34.9. The van der Waals surface area contributed by atoms with Gasteiger partial charge in [-0.15, -0.1) is 0 Å². The lowest BCUT2D eigenvalue weighted by atomic mass is 10.2. The Morgan fingerprint density at radius 1 is 0.833 bits per heavy atom. The fraction of sp³-hybridized carbons (Fsp3) is 0.562. The van der Waals surface area contributed by atoms with Crippen molar-refractivity contribution in [2.75, 3.05) is 0 Å². The van der Waals surface area contributed by atoms with Gasteiger partial charge in [-0.1, -0.05) is 0 Å². The summed E-state index contributed by atoms with van der Waals surface area (Å²) in [6.45, 7) is 4.41. The highest BCUT2D eigenvalue weighted by Gasteiger charge is 2.21. The number of carbonyl (C=O) groups excluding carboxylic acids is 3. The number of esters is 3. The summed E-state index contributed by atoms with van der Waals surface area (Å²) in [5.41, 5.74) is 0. The van der Waals surface area contributed by atoms with Crippen LogP contribution in [-0.4, -0.2) is 58.6 Å². The molecule has 0 aromatic heterocycles. The largest absolute Gasteiger partial charge is 0.459 e. The van der Waals surface area contributed by atoms with Gasteiger partial charge in [-0.2, -0.15) is 0 Å². The van der Waals surface area contributed by atoms with E-state index < -0.39 is 48.4 Å². The second-order valence-electron chi connectivity index (χ2n) is 5.49. The molecule has 0 saturated heterocycles. The van der Waals surface area contributed by atoms with E-state index in [0.717, 1.165) is 24.3 Å². The van der Waals surface area contributed by atoms with E-state index in [9.17, 15) is 24.6 Å². The zero-order valence-corrected chi connectivity index (χ0v) is 13.7. The molecule has 2 N–H and O–H groups in total. The number of ether oxygens (including phenoxy) is 3. The number of hydrogen-bond donors (Lipinski definition) is 2. The number of aliphatic hydroxyl groups is 2. The van der Waals surface area contributed by atoms with Gasteiger partial charge in [-0.05, 0) is 32.9 Å². The molecule has 0 aromatic rings. The quantitative estimate of drug-likeness (QED) is 0.467. The van der Waals surface area contributed by atoms with Crippen LogP contribution >= 0.6 is 0 Å². The van der Waals surface area contributed by atoms with E-state index in [2.05, 4.69) is 0 Å². The first-order chi connectivity index (χ1) is 11.2. The molecule has 1 aliphatic rings. The number of rotatable bonds is 0. The van der Waals surface area contributed by atoms with Crippen LogP contribution in [0.4, 0.5) is 0 Å². The molecule has 0 aliphatic carbocycles. The summed E-state index contributed by atoms with van der Waals surface area (Å²) in [7, 11) is 0. The molecule has 8 nitrogen and oxygen atoms in total. The van der Waals surface area contributed by atoms with Gasteiger partial charge in [0.25, 0.3) is 0 Å². The standard InChI is InChI=1S/C16H22O8/c1-9-8-16(21)24-11(3)13(18)5-7-15(20)23-10(2)12(17)4-6-14(19)22-9/h4-7,9-13,17-18H,8H2,1-3H3/b6-4+,7-5+/t9-,10-,11-,12-,13-/m1/s1. The molecule has 1 rings (SSSR count). The molecular weight excluding hydrogens is 320 g/mol. The van der Waals surface area contributed by atoms with E-state index in [-0.39, 0.29) is 6.42 Å². The second-order valence-corrected chi connectivity index (χ2v) is 5.49. The van der Waals surface area contributed by atoms with Gasteiger partial charge < -0.3 is 24.4 Å². The highest BCUT2D eigenvalue weighted by molar-refractivity contribution is 5.83. The number of aliphatic hydroxyl groups excluding tert-OH is 2. The van der Waals surface area contributed by atoms with E-state index in [1.165, 1.54) is 20.8 Å². The molecule has 134 valence electrons. The number of carbonyl (C=O) groups is 3. The van der Waals surface area contributed by atoms with Crippen molar-refractivity contribution in [2.24, 2.45) is 0 Å². The Morgan fingerprint density at radius 2 is 1.29 bits per heavy atom. The predicted octanol–water partition coefficient (Wildman–Crippen LogP) is 0.0194. The SMILES string of the molecule is C[C@@H]1CC(=O)O[C@H](C)[C@H](O)/C=C/C(=O)O[C@H](C)[C@H](O)/C=C/C(=O)O1. The highest BCUT2D eigenvalue weighted by Crippen LogP contribution is 2.08. The normalized spacial score (nSPS) is 36.2. The average Bonchev–Trinajstić information content (AvgIpc) is 2.48. The van der Waals surface area contributed by atoms with Crippen LogP contribution in [0.3, 0.4) is 0 Å². The fourth-order valence-electron chi connectivity index (χ4n) is 1.80. The first kappa shape index (κ1) is 19.9. The lowest BCUT2D eigenvalue weighted by Crippen LogP contribution is -2.30. The van der Waals surface area contributed by atoms with Crippen molar-refractivity contribution in [3.63, 3.8) is 0 Å². The lowest BCUT2D eigenvalue weighted by Gasteiger charge is -2.19. The van der Waals surface area contributed by atoms with Crippen molar-refractivity contribution in [3.05, 3.63) is 24.3 Å². The molecule has 1 aliphatic heterocycles. The third kappa shape index (κ3) is 6.93.